The van der Waals surface area contributed by atoms with Crippen LogP contribution in [0, 0.1) is 13.8 Å². The van der Waals surface area contributed by atoms with Gasteiger partial charge in [-0.05, 0) is 49.8 Å². The van der Waals surface area contributed by atoms with Gasteiger partial charge in [0.1, 0.15) is 0 Å². The highest BCUT2D eigenvalue weighted by molar-refractivity contribution is 14.0. The van der Waals surface area contributed by atoms with E-state index >= 15 is 0 Å². The smallest absolute Gasteiger partial charge is 0.172 e. The molecule has 204 valence electrons. The number of benzene rings is 2. The van der Waals surface area contributed by atoms with Crippen molar-refractivity contribution in [2.24, 2.45) is 0 Å². The number of hydrogen-bond acceptors (Lipinski definition) is 5. The van der Waals surface area contributed by atoms with Crippen LogP contribution in [-0.4, -0.2) is 43.1 Å². The molecular formula is C31H43IO5. The summed E-state index contributed by atoms with van der Waals surface area (Å²) >= 11 is 0. The Bertz CT molecular complexity index is 1010. The summed E-state index contributed by atoms with van der Waals surface area (Å²) in [5, 5.41) is 10.8. The Labute approximate surface area is 239 Å². The first-order valence-electron chi connectivity index (χ1n) is 13.0. The van der Waals surface area contributed by atoms with Gasteiger partial charge in [0.15, 0.2) is 11.6 Å². The maximum atomic E-state index is 10.8. The zero-order valence-corrected chi connectivity index (χ0v) is 23.8. The highest BCUT2D eigenvalue weighted by Crippen LogP contribution is 2.44. The van der Waals surface area contributed by atoms with Crippen molar-refractivity contribution in [2.45, 2.75) is 83.4 Å². The molecule has 0 bridgehead atoms. The summed E-state index contributed by atoms with van der Waals surface area (Å²) < 4.78 is 22.8. The monoisotopic (exact) mass is 622 g/mol. The van der Waals surface area contributed by atoms with E-state index < -0.39 is 11.4 Å². The van der Waals surface area contributed by atoms with Crippen molar-refractivity contribution >= 4 is 29.5 Å². The van der Waals surface area contributed by atoms with Crippen LogP contribution in [0.3, 0.4) is 0 Å². The summed E-state index contributed by atoms with van der Waals surface area (Å²) in [6.45, 7) is 7.03. The molecular weight excluding hydrogens is 579 g/mol. The molecule has 0 atom stereocenters. The molecule has 1 saturated carbocycles. The van der Waals surface area contributed by atoms with E-state index in [1.165, 1.54) is 22.3 Å². The van der Waals surface area contributed by atoms with Gasteiger partial charge in [-0.15, -0.1) is 24.0 Å². The molecule has 0 amide bonds. The van der Waals surface area contributed by atoms with Crippen LogP contribution in [0.4, 0.5) is 0 Å². The van der Waals surface area contributed by atoms with Crippen LogP contribution < -0.4 is 0 Å². The molecule has 0 aromatic heterocycles. The quantitative estimate of drug-likeness (QED) is 0.364. The third-order valence-corrected chi connectivity index (χ3v) is 7.91. The molecule has 2 saturated heterocycles. The van der Waals surface area contributed by atoms with Crippen molar-refractivity contribution in [2.75, 3.05) is 26.4 Å². The van der Waals surface area contributed by atoms with E-state index in [0.29, 0.717) is 26.1 Å². The van der Waals surface area contributed by atoms with Crippen molar-refractivity contribution in [3.8, 4) is 0 Å². The number of allylic oxidation sites excluding steroid dienone is 1. The first kappa shape index (κ1) is 30.3. The van der Waals surface area contributed by atoms with Crippen molar-refractivity contribution in [3.63, 3.8) is 0 Å². The molecule has 0 unspecified atom stereocenters. The highest BCUT2D eigenvalue weighted by Gasteiger charge is 2.46. The number of rotatable bonds is 2. The second kappa shape index (κ2) is 12.7. The van der Waals surface area contributed by atoms with Gasteiger partial charge in [-0.3, -0.25) is 0 Å². The molecule has 2 aromatic rings. The summed E-state index contributed by atoms with van der Waals surface area (Å²) in [5.74, 6) is -0.703. The van der Waals surface area contributed by atoms with Gasteiger partial charge < -0.3 is 24.1 Å². The minimum atomic E-state index is -0.714. The fourth-order valence-corrected chi connectivity index (χ4v) is 5.58. The van der Waals surface area contributed by atoms with E-state index in [1.54, 1.807) is 0 Å². The standard InChI is InChI=1S/C15H20O3.C15H18O2.CH4.HI/c1-12-2-4-13(5-3-12)14(16)6-8-15(9-7-14)17-10-11-18-15;1-12-2-4-13(5-3-12)14-6-8-15(9-7-14)16-10-11-17-15;;/h2-5,16H,6-11H2,1H3;2-6H,7-11H2,1H3;1H4;1H. The number of aryl methyl sites for hydroxylation is 2. The topological polar surface area (TPSA) is 57.2 Å². The summed E-state index contributed by atoms with van der Waals surface area (Å²) in [7, 11) is 0. The minimum absolute atomic E-state index is 0. The third kappa shape index (κ3) is 7.02. The molecule has 2 spiro atoms. The number of halogens is 1. The predicted molar refractivity (Wildman–Crippen MR) is 158 cm³/mol. The molecule has 4 aliphatic rings. The maximum Gasteiger partial charge on any atom is 0.172 e. The minimum Gasteiger partial charge on any atom is -0.385 e. The van der Waals surface area contributed by atoms with E-state index in [0.717, 1.165) is 50.9 Å². The maximum absolute atomic E-state index is 10.8. The summed E-state index contributed by atoms with van der Waals surface area (Å²) in [5.41, 5.74) is 5.59. The van der Waals surface area contributed by atoms with Gasteiger partial charge in [0.05, 0.1) is 32.0 Å². The lowest BCUT2D eigenvalue weighted by Crippen LogP contribution is -2.42. The number of ether oxygens (including phenoxy) is 4. The second-order valence-corrected chi connectivity index (χ2v) is 10.4. The van der Waals surface area contributed by atoms with E-state index in [1.807, 2.05) is 12.1 Å². The van der Waals surface area contributed by atoms with Gasteiger partial charge in [-0.1, -0.05) is 73.2 Å². The Morgan fingerprint density at radius 3 is 1.62 bits per heavy atom. The molecule has 5 nitrogen and oxygen atoms in total. The molecule has 3 fully saturated rings. The summed E-state index contributed by atoms with van der Waals surface area (Å²) in [6, 6.07) is 16.9. The van der Waals surface area contributed by atoms with Crippen LogP contribution in [0.5, 0.6) is 0 Å². The van der Waals surface area contributed by atoms with Crippen LogP contribution in [-0.2, 0) is 24.5 Å². The van der Waals surface area contributed by atoms with Crippen molar-refractivity contribution < 1.29 is 24.1 Å². The van der Waals surface area contributed by atoms with E-state index in [2.05, 4.69) is 56.3 Å². The molecule has 37 heavy (non-hydrogen) atoms. The number of aliphatic hydroxyl groups is 1. The molecule has 6 rings (SSSR count). The van der Waals surface area contributed by atoms with Crippen LogP contribution in [0.15, 0.2) is 54.6 Å². The fourth-order valence-electron chi connectivity index (χ4n) is 5.58. The largest absolute Gasteiger partial charge is 0.385 e. The Morgan fingerprint density at radius 1 is 0.649 bits per heavy atom. The van der Waals surface area contributed by atoms with Gasteiger partial charge >= 0.3 is 0 Å². The average Bonchev–Trinajstić information content (AvgIpc) is 3.54. The molecule has 6 heteroatoms. The molecule has 2 aromatic carbocycles. The molecule has 2 aliphatic heterocycles. The van der Waals surface area contributed by atoms with Gasteiger partial charge in [-0.2, -0.15) is 0 Å². The zero-order valence-electron chi connectivity index (χ0n) is 21.5. The molecule has 0 radical (unpaired) electrons. The summed E-state index contributed by atoms with van der Waals surface area (Å²) in [4.78, 5) is 0. The van der Waals surface area contributed by atoms with Crippen LogP contribution >= 0.6 is 24.0 Å². The lowest BCUT2D eigenvalue weighted by molar-refractivity contribution is -0.204. The van der Waals surface area contributed by atoms with Gasteiger partial charge in [0.25, 0.3) is 0 Å². The van der Waals surface area contributed by atoms with Gasteiger partial charge in [0.2, 0.25) is 0 Å². The lowest BCUT2D eigenvalue weighted by Gasteiger charge is -2.40. The van der Waals surface area contributed by atoms with Crippen LogP contribution in [0.1, 0.15) is 74.6 Å². The van der Waals surface area contributed by atoms with Crippen LogP contribution in [0.2, 0.25) is 0 Å². The Balaban J connectivity index is 0.000000195. The van der Waals surface area contributed by atoms with Crippen molar-refractivity contribution in [1.29, 1.82) is 0 Å². The van der Waals surface area contributed by atoms with Crippen molar-refractivity contribution in [3.05, 3.63) is 76.9 Å². The fraction of sp³-hybridized carbons (Fsp3) is 0.548. The van der Waals surface area contributed by atoms with Crippen LogP contribution in [0.25, 0.3) is 5.57 Å². The number of hydrogen-bond donors (Lipinski definition) is 1. The van der Waals surface area contributed by atoms with Gasteiger partial charge in [-0.25, -0.2) is 0 Å². The Kier molecular flexibility index (Phi) is 10.4. The Morgan fingerprint density at radius 2 is 1.14 bits per heavy atom. The highest BCUT2D eigenvalue weighted by atomic mass is 127. The third-order valence-electron chi connectivity index (χ3n) is 7.91. The lowest BCUT2D eigenvalue weighted by atomic mass is 9.77. The van der Waals surface area contributed by atoms with E-state index in [9.17, 15) is 5.11 Å². The van der Waals surface area contributed by atoms with E-state index in [-0.39, 0.29) is 37.2 Å². The van der Waals surface area contributed by atoms with Gasteiger partial charge in [0, 0.05) is 25.7 Å². The zero-order chi connectivity index (χ0) is 24.4. The molecule has 2 heterocycles. The first-order valence-corrected chi connectivity index (χ1v) is 13.0. The Hall–Kier alpha value is -1.29. The summed E-state index contributed by atoms with van der Waals surface area (Å²) in [6.07, 6.45) is 8.15. The second-order valence-electron chi connectivity index (χ2n) is 10.4. The molecule has 2 aliphatic carbocycles. The normalized spacial score (nSPS) is 22.8. The predicted octanol–water partition coefficient (Wildman–Crippen LogP) is 7.06. The van der Waals surface area contributed by atoms with Crippen molar-refractivity contribution in [1.82, 2.24) is 0 Å². The first-order chi connectivity index (χ1) is 16.9. The average molecular weight is 623 g/mol. The SMILES string of the molecule is C.Cc1ccc(C2(O)CCC3(CC2)OCCO3)cc1.Cc1ccc(C2=CCC3(CC2)OCCO3)cc1.I. The molecule has 1 N–H and O–H groups in total. The van der Waals surface area contributed by atoms with E-state index in [4.69, 9.17) is 18.9 Å².